The summed E-state index contributed by atoms with van der Waals surface area (Å²) in [4.78, 5) is 15.6. The summed E-state index contributed by atoms with van der Waals surface area (Å²) in [5.74, 6) is 0.307. The molecule has 0 saturated carbocycles. The van der Waals surface area contributed by atoms with Gasteiger partial charge in [0, 0.05) is 10.7 Å². The molecule has 0 bridgehead atoms. The van der Waals surface area contributed by atoms with Crippen LogP contribution in [0.2, 0.25) is 0 Å². The van der Waals surface area contributed by atoms with Gasteiger partial charge in [0.25, 0.3) is 0 Å². The molecule has 18 heavy (non-hydrogen) atoms. The van der Waals surface area contributed by atoms with Crippen LogP contribution in [0.4, 0.5) is 0 Å². The van der Waals surface area contributed by atoms with Gasteiger partial charge in [0.05, 0.1) is 5.56 Å². The third-order valence-electron chi connectivity index (χ3n) is 2.42. The molecule has 0 aliphatic heterocycles. The lowest BCUT2D eigenvalue weighted by molar-refractivity contribution is 0.101. The van der Waals surface area contributed by atoms with Gasteiger partial charge in [0.2, 0.25) is 5.88 Å². The minimum absolute atomic E-state index is 0.0631. The second kappa shape index (κ2) is 5.78. The van der Waals surface area contributed by atoms with Crippen molar-refractivity contribution < 1.29 is 9.53 Å². The van der Waals surface area contributed by atoms with Crippen LogP contribution in [-0.4, -0.2) is 10.8 Å². The van der Waals surface area contributed by atoms with Crippen LogP contribution in [-0.2, 0) is 6.61 Å². The van der Waals surface area contributed by atoms with E-state index in [1.165, 1.54) is 6.92 Å². The van der Waals surface area contributed by atoms with Crippen molar-refractivity contribution in [2.75, 3.05) is 0 Å². The van der Waals surface area contributed by atoms with Gasteiger partial charge < -0.3 is 4.74 Å². The van der Waals surface area contributed by atoms with Crippen molar-refractivity contribution in [3.8, 4) is 5.88 Å². The number of hydrogen-bond acceptors (Lipinski definition) is 3. The molecule has 0 N–H and O–H groups in total. The SMILES string of the molecule is CC(=O)c1cc(Br)cnc1OCc1ccccc1. The molecule has 0 radical (unpaired) electrons. The fraction of sp³-hybridized carbons (Fsp3) is 0.143. The average molecular weight is 306 g/mol. The normalized spacial score (nSPS) is 10.1. The number of hydrogen-bond donors (Lipinski definition) is 0. The summed E-state index contributed by atoms with van der Waals surface area (Å²) >= 11 is 3.29. The summed E-state index contributed by atoms with van der Waals surface area (Å²) in [6.45, 7) is 1.90. The fourth-order valence-electron chi connectivity index (χ4n) is 1.52. The maximum Gasteiger partial charge on any atom is 0.224 e. The first-order valence-corrected chi connectivity index (χ1v) is 6.29. The topological polar surface area (TPSA) is 39.2 Å². The molecule has 0 unspecified atom stereocenters. The van der Waals surface area contributed by atoms with E-state index < -0.39 is 0 Å². The molecule has 0 aliphatic rings. The number of aromatic nitrogens is 1. The number of rotatable bonds is 4. The van der Waals surface area contributed by atoms with E-state index in [-0.39, 0.29) is 5.78 Å². The van der Waals surface area contributed by atoms with Crippen LogP contribution in [0.3, 0.4) is 0 Å². The van der Waals surface area contributed by atoms with Crippen molar-refractivity contribution in [2.24, 2.45) is 0 Å². The molecule has 4 heteroatoms. The smallest absolute Gasteiger partial charge is 0.224 e. The zero-order valence-corrected chi connectivity index (χ0v) is 11.5. The van der Waals surface area contributed by atoms with Gasteiger partial charge in [-0.15, -0.1) is 0 Å². The Labute approximate surface area is 114 Å². The Morgan fingerprint density at radius 3 is 2.72 bits per heavy atom. The van der Waals surface area contributed by atoms with E-state index in [9.17, 15) is 4.79 Å². The van der Waals surface area contributed by atoms with Crippen molar-refractivity contribution in [1.29, 1.82) is 0 Å². The Bertz CT molecular complexity index is 555. The number of carbonyl (C=O) groups excluding carboxylic acids is 1. The monoisotopic (exact) mass is 305 g/mol. The lowest BCUT2D eigenvalue weighted by atomic mass is 10.2. The molecular formula is C14H12BrNO2. The van der Waals surface area contributed by atoms with E-state index in [1.54, 1.807) is 12.3 Å². The average Bonchev–Trinajstić information content (AvgIpc) is 2.38. The molecule has 92 valence electrons. The highest BCUT2D eigenvalue weighted by molar-refractivity contribution is 9.10. The Hall–Kier alpha value is -1.68. The van der Waals surface area contributed by atoms with Gasteiger partial charge in [0.15, 0.2) is 5.78 Å². The van der Waals surface area contributed by atoms with Gasteiger partial charge in [-0.05, 0) is 34.5 Å². The van der Waals surface area contributed by atoms with Crippen molar-refractivity contribution in [2.45, 2.75) is 13.5 Å². The maximum atomic E-state index is 11.5. The Kier molecular flexibility index (Phi) is 4.10. The van der Waals surface area contributed by atoms with Crippen molar-refractivity contribution in [3.05, 3.63) is 58.2 Å². The van der Waals surface area contributed by atoms with E-state index in [0.29, 0.717) is 18.1 Å². The van der Waals surface area contributed by atoms with Crippen LogP contribution in [0.15, 0.2) is 47.1 Å². The number of halogens is 1. The van der Waals surface area contributed by atoms with Gasteiger partial charge in [0.1, 0.15) is 6.61 Å². The van der Waals surface area contributed by atoms with Crippen LogP contribution in [0, 0.1) is 0 Å². The highest BCUT2D eigenvalue weighted by Crippen LogP contribution is 2.21. The molecular weight excluding hydrogens is 294 g/mol. The molecule has 0 fully saturated rings. The number of ether oxygens (including phenoxy) is 1. The Balaban J connectivity index is 2.17. The number of carbonyl (C=O) groups is 1. The third-order valence-corrected chi connectivity index (χ3v) is 2.85. The minimum atomic E-state index is -0.0631. The van der Waals surface area contributed by atoms with E-state index in [4.69, 9.17) is 4.74 Å². The first kappa shape index (κ1) is 12.8. The van der Waals surface area contributed by atoms with Gasteiger partial charge >= 0.3 is 0 Å². The zero-order valence-electron chi connectivity index (χ0n) is 9.89. The van der Waals surface area contributed by atoms with Crippen LogP contribution in [0.5, 0.6) is 5.88 Å². The molecule has 0 atom stereocenters. The Morgan fingerprint density at radius 2 is 2.06 bits per heavy atom. The van der Waals surface area contributed by atoms with E-state index >= 15 is 0 Å². The molecule has 2 rings (SSSR count). The van der Waals surface area contributed by atoms with Crippen molar-refractivity contribution in [3.63, 3.8) is 0 Å². The standard InChI is InChI=1S/C14H12BrNO2/c1-10(17)13-7-12(15)8-16-14(13)18-9-11-5-3-2-4-6-11/h2-8H,9H2,1H3. The fourth-order valence-corrected chi connectivity index (χ4v) is 1.85. The van der Waals surface area contributed by atoms with Crippen LogP contribution in [0.25, 0.3) is 0 Å². The minimum Gasteiger partial charge on any atom is -0.472 e. The maximum absolute atomic E-state index is 11.5. The van der Waals surface area contributed by atoms with E-state index in [0.717, 1.165) is 10.0 Å². The quantitative estimate of drug-likeness (QED) is 0.810. The molecule has 2 aromatic rings. The molecule has 0 aliphatic carbocycles. The van der Waals surface area contributed by atoms with Gasteiger partial charge in [-0.3, -0.25) is 4.79 Å². The summed E-state index contributed by atoms with van der Waals surface area (Å²) in [7, 11) is 0. The van der Waals surface area contributed by atoms with Gasteiger partial charge in [-0.25, -0.2) is 4.98 Å². The molecule has 1 heterocycles. The van der Waals surface area contributed by atoms with Crippen LogP contribution < -0.4 is 4.74 Å². The highest BCUT2D eigenvalue weighted by atomic mass is 79.9. The van der Waals surface area contributed by atoms with Gasteiger partial charge in [-0.1, -0.05) is 30.3 Å². The molecule has 3 nitrogen and oxygen atoms in total. The van der Waals surface area contributed by atoms with E-state index in [2.05, 4.69) is 20.9 Å². The summed E-state index contributed by atoms with van der Waals surface area (Å²) in [6, 6.07) is 11.5. The summed E-state index contributed by atoms with van der Waals surface area (Å²) < 4.78 is 6.35. The predicted molar refractivity (Wildman–Crippen MR) is 72.7 cm³/mol. The number of ketones is 1. The molecule has 1 aromatic heterocycles. The lowest BCUT2D eigenvalue weighted by Gasteiger charge is -2.08. The zero-order chi connectivity index (χ0) is 13.0. The lowest BCUT2D eigenvalue weighted by Crippen LogP contribution is -2.03. The predicted octanol–water partition coefficient (Wildman–Crippen LogP) is 3.63. The first-order valence-electron chi connectivity index (χ1n) is 5.50. The summed E-state index contributed by atoms with van der Waals surface area (Å²) in [5.41, 5.74) is 1.53. The van der Waals surface area contributed by atoms with Gasteiger partial charge in [-0.2, -0.15) is 0 Å². The number of benzene rings is 1. The number of nitrogens with zero attached hydrogens (tertiary/aromatic N) is 1. The second-order valence-corrected chi connectivity index (χ2v) is 4.75. The number of Topliss-reactive ketones (excluding diaryl/α,β-unsaturated/α-hetero) is 1. The third kappa shape index (κ3) is 3.17. The summed E-state index contributed by atoms with van der Waals surface area (Å²) in [6.07, 6.45) is 1.62. The molecule has 0 spiro atoms. The van der Waals surface area contributed by atoms with Crippen molar-refractivity contribution >= 4 is 21.7 Å². The van der Waals surface area contributed by atoms with Crippen LogP contribution in [0.1, 0.15) is 22.8 Å². The van der Waals surface area contributed by atoms with Crippen LogP contribution >= 0.6 is 15.9 Å². The Morgan fingerprint density at radius 1 is 1.33 bits per heavy atom. The van der Waals surface area contributed by atoms with E-state index in [1.807, 2.05) is 30.3 Å². The highest BCUT2D eigenvalue weighted by Gasteiger charge is 2.10. The molecule has 0 amide bonds. The largest absolute Gasteiger partial charge is 0.472 e. The number of pyridine rings is 1. The molecule has 0 saturated heterocycles. The second-order valence-electron chi connectivity index (χ2n) is 3.84. The first-order chi connectivity index (χ1) is 8.66. The molecule has 1 aromatic carbocycles. The van der Waals surface area contributed by atoms with Crippen molar-refractivity contribution in [1.82, 2.24) is 4.98 Å². The summed E-state index contributed by atoms with van der Waals surface area (Å²) in [5, 5.41) is 0.